The van der Waals surface area contributed by atoms with Crippen molar-refractivity contribution in [1.29, 1.82) is 0 Å². The Hall–Kier alpha value is -3.22. The van der Waals surface area contributed by atoms with Crippen molar-refractivity contribution in [2.45, 2.75) is 27.2 Å². The average molecular weight is 362 g/mol. The predicted molar refractivity (Wildman–Crippen MR) is 107 cm³/mol. The molecule has 0 aliphatic heterocycles. The van der Waals surface area contributed by atoms with Gasteiger partial charge in [-0.2, -0.15) is 0 Å². The number of pyridine rings is 3. The third kappa shape index (κ3) is 3.05. The number of amides is 1. The number of fused-ring (bicyclic) bond motifs is 1. The Morgan fingerprint density at radius 2 is 1.93 bits per heavy atom. The van der Waals surface area contributed by atoms with E-state index in [9.17, 15) is 4.79 Å². The molecule has 27 heavy (non-hydrogen) atoms. The smallest absolute Gasteiger partial charge is 0.228 e. The second-order valence-electron chi connectivity index (χ2n) is 7.29. The zero-order valence-corrected chi connectivity index (χ0v) is 15.6. The van der Waals surface area contributed by atoms with Crippen molar-refractivity contribution in [2.75, 3.05) is 16.8 Å². The number of nitrogens with one attached hydrogen (secondary N) is 1. The quantitative estimate of drug-likeness (QED) is 0.658. The summed E-state index contributed by atoms with van der Waals surface area (Å²) in [4.78, 5) is 25.4. The van der Waals surface area contributed by atoms with Crippen molar-refractivity contribution in [3.05, 3.63) is 35.8 Å². The van der Waals surface area contributed by atoms with Gasteiger partial charge in [-0.05, 0) is 49.3 Å². The molecule has 1 amide bonds. The Labute approximate surface area is 157 Å². The van der Waals surface area contributed by atoms with E-state index in [0.717, 1.165) is 34.0 Å². The molecule has 0 aromatic carbocycles. The molecule has 0 radical (unpaired) electrons. The molecule has 0 bridgehead atoms. The minimum atomic E-state index is 0.0170. The van der Waals surface area contributed by atoms with Crippen molar-refractivity contribution in [2.24, 2.45) is 11.8 Å². The van der Waals surface area contributed by atoms with Gasteiger partial charge >= 0.3 is 0 Å². The fourth-order valence-corrected chi connectivity index (χ4v) is 3.40. The van der Waals surface area contributed by atoms with Crippen LogP contribution in [0.15, 0.2) is 24.5 Å². The van der Waals surface area contributed by atoms with E-state index in [0.29, 0.717) is 28.9 Å². The summed E-state index contributed by atoms with van der Waals surface area (Å²) in [7, 11) is 0. The van der Waals surface area contributed by atoms with Crippen LogP contribution in [-0.2, 0) is 4.79 Å². The van der Waals surface area contributed by atoms with Gasteiger partial charge < -0.3 is 16.8 Å². The molecule has 1 aliphatic carbocycles. The minimum absolute atomic E-state index is 0.0170. The van der Waals surface area contributed by atoms with Gasteiger partial charge in [0, 0.05) is 28.8 Å². The van der Waals surface area contributed by atoms with E-state index in [1.165, 1.54) is 0 Å². The maximum absolute atomic E-state index is 12.2. The molecule has 2 unspecified atom stereocenters. The second kappa shape index (κ2) is 6.19. The SMILES string of the molecule is Cc1ncc(N)c(C)c1-c1cc2cc(NC(=O)C3CC3C)ncc2c(N)n1. The van der Waals surface area contributed by atoms with E-state index in [2.05, 4.69) is 27.2 Å². The average Bonchev–Trinajstić information content (AvgIpc) is 3.35. The number of aryl methyl sites for hydroxylation is 1. The Bertz CT molecular complexity index is 1080. The second-order valence-corrected chi connectivity index (χ2v) is 7.29. The molecule has 1 aliphatic rings. The summed E-state index contributed by atoms with van der Waals surface area (Å²) in [5, 5.41) is 4.49. The lowest BCUT2D eigenvalue weighted by Crippen LogP contribution is -2.15. The lowest BCUT2D eigenvalue weighted by atomic mass is 10.0. The topological polar surface area (TPSA) is 120 Å². The molecule has 3 aromatic heterocycles. The Kier molecular flexibility index (Phi) is 3.95. The van der Waals surface area contributed by atoms with Crippen molar-refractivity contribution in [1.82, 2.24) is 15.0 Å². The highest BCUT2D eigenvalue weighted by Crippen LogP contribution is 2.38. The van der Waals surface area contributed by atoms with Crippen LogP contribution in [0.3, 0.4) is 0 Å². The largest absolute Gasteiger partial charge is 0.397 e. The van der Waals surface area contributed by atoms with Crippen LogP contribution in [0.4, 0.5) is 17.3 Å². The first-order chi connectivity index (χ1) is 12.8. The van der Waals surface area contributed by atoms with Crippen LogP contribution in [0, 0.1) is 25.7 Å². The standard InChI is InChI=1S/C20H22N6O/c1-9-4-13(9)20(27)26-17-6-12-5-16(25-19(22)14(12)7-24-17)18-10(2)15(21)8-23-11(18)3/h5-9,13H,4,21H2,1-3H3,(H2,22,25)(H,24,26,27). The van der Waals surface area contributed by atoms with Crippen LogP contribution < -0.4 is 16.8 Å². The molecule has 2 atom stereocenters. The van der Waals surface area contributed by atoms with Crippen molar-refractivity contribution < 1.29 is 4.79 Å². The molecule has 1 saturated carbocycles. The summed E-state index contributed by atoms with van der Waals surface area (Å²) < 4.78 is 0. The van der Waals surface area contributed by atoms with Crippen molar-refractivity contribution in [3.63, 3.8) is 0 Å². The maximum Gasteiger partial charge on any atom is 0.228 e. The molecule has 4 rings (SSSR count). The normalized spacial score (nSPS) is 18.5. The van der Waals surface area contributed by atoms with Crippen LogP contribution in [0.1, 0.15) is 24.6 Å². The number of hydrogen-bond acceptors (Lipinski definition) is 6. The summed E-state index contributed by atoms with van der Waals surface area (Å²) in [5.74, 6) is 1.44. The Morgan fingerprint density at radius 3 is 2.63 bits per heavy atom. The number of aromatic nitrogens is 3. The Balaban J connectivity index is 1.78. The fourth-order valence-electron chi connectivity index (χ4n) is 3.40. The number of nitrogen functional groups attached to an aromatic ring is 2. The van der Waals surface area contributed by atoms with Gasteiger partial charge in [0.25, 0.3) is 0 Å². The molecule has 5 N–H and O–H groups in total. The van der Waals surface area contributed by atoms with E-state index >= 15 is 0 Å². The number of nitrogens with zero attached hydrogens (tertiary/aromatic N) is 3. The lowest BCUT2D eigenvalue weighted by molar-refractivity contribution is -0.117. The number of carbonyl (C=O) groups excluding carboxylic acids is 1. The molecule has 3 heterocycles. The van der Waals surface area contributed by atoms with Gasteiger partial charge in [-0.25, -0.2) is 9.97 Å². The van der Waals surface area contributed by atoms with Gasteiger partial charge in [-0.15, -0.1) is 0 Å². The molecule has 138 valence electrons. The fraction of sp³-hybridized carbons (Fsp3) is 0.300. The van der Waals surface area contributed by atoms with Crippen molar-refractivity contribution >= 4 is 34.0 Å². The molecular formula is C20H22N6O. The first-order valence-electron chi connectivity index (χ1n) is 8.94. The Morgan fingerprint density at radius 1 is 1.19 bits per heavy atom. The van der Waals surface area contributed by atoms with E-state index in [1.807, 2.05) is 26.0 Å². The summed E-state index contributed by atoms with van der Waals surface area (Å²) in [6.45, 7) is 5.93. The zero-order valence-electron chi connectivity index (χ0n) is 15.6. The molecule has 3 aromatic rings. The number of carbonyl (C=O) groups is 1. The minimum Gasteiger partial charge on any atom is -0.397 e. The number of anilines is 3. The molecule has 0 spiro atoms. The van der Waals surface area contributed by atoms with E-state index in [1.54, 1.807) is 12.4 Å². The van der Waals surface area contributed by atoms with Gasteiger partial charge in [0.05, 0.1) is 17.6 Å². The van der Waals surface area contributed by atoms with Gasteiger partial charge in [0.1, 0.15) is 11.6 Å². The summed E-state index contributed by atoms with van der Waals surface area (Å²) in [6.07, 6.45) is 4.22. The molecular weight excluding hydrogens is 340 g/mol. The third-order valence-electron chi connectivity index (χ3n) is 5.27. The van der Waals surface area contributed by atoms with Crippen LogP contribution in [0.2, 0.25) is 0 Å². The highest BCUT2D eigenvalue weighted by Gasteiger charge is 2.39. The van der Waals surface area contributed by atoms with Gasteiger partial charge in [0.2, 0.25) is 5.91 Å². The number of hydrogen-bond donors (Lipinski definition) is 3. The highest BCUT2D eigenvalue weighted by molar-refractivity contribution is 5.98. The summed E-state index contributed by atoms with van der Waals surface area (Å²) in [6, 6.07) is 3.76. The molecule has 7 heteroatoms. The summed E-state index contributed by atoms with van der Waals surface area (Å²) >= 11 is 0. The third-order valence-corrected chi connectivity index (χ3v) is 5.27. The monoisotopic (exact) mass is 362 g/mol. The van der Waals surface area contributed by atoms with Gasteiger partial charge in [-0.1, -0.05) is 6.92 Å². The van der Waals surface area contributed by atoms with E-state index in [4.69, 9.17) is 11.5 Å². The molecule has 1 fully saturated rings. The van der Waals surface area contributed by atoms with Crippen molar-refractivity contribution in [3.8, 4) is 11.3 Å². The number of rotatable bonds is 3. The lowest BCUT2D eigenvalue weighted by Gasteiger charge is -2.13. The maximum atomic E-state index is 12.2. The van der Waals surface area contributed by atoms with Crippen LogP contribution in [0.5, 0.6) is 0 Å². The predicted octanol–water partition coefficient (Wildman–Crippen LogP) is 3.07. The van der Waals surface area contributed by atoms with Gasteiger partial charge in [-0.3, -0.25) is 9.78 Å². The summed E-state index contributed by atoms with van der Waals surface area (Å²) in [5.41, 5.74) is 16.1. The van der Waals surface area contributed by atoms with E-state index in [-0.39, 0.29) is 11.8 Å². The van der Waals surface area contributed by atoms with E-state index < -0.39 is 0 Å². The first-order valence-corrected chi connectivity index (χ1v) is 8.94. The van der Waals surface area contributed by atoms with Crippen LogP contribution >= 0.6 is 0 Å². The first kappa shape index (κ1) is 17.2. The van der Waals surface area contributed by atoms with Crippen LogP contribution in [-0.4, -0.2) is 20.9 Å². The zero-order chi connectivity index (χ0) is 19.3. The van der Waals surface area contributed by atoms with Gasteiger partial charge in [0.15, 0.2) is 0 Å². The number of nitrogens with two attached hydrogens (primary N) is 2. The molecule has 0 saturated heterocycles. The highest BCUT2D eigenvalue weighted by atomic mass is 16.2. The van der Waals surface area contributed by atoms with Crippen LogP contribution in [0.25, 0.3) is 22.0 Å². The molecule has 7 nitrogen and oxygen atoms in total.